The lowest BCUT2D eigenvalue weighted by atomic mass is 9.78. The third-order valence-electron chi connectivity index (χ3n) is 3.66. The van der Waals surface area contributed by atoms with Crippen molar-refractivity contribution in [1.29, 1.82) is 0 Å². The Balaban J connectivity index is 3.18. The van der Waals surface area contributed by atoms with Crippen LogP contribution in [0, 0.1) is 0 Å². The predicted octanol–water partition coefficient (Wildman–Crippen LogP) is 4.01. The highest BCUT2D eigenvalue weighted by atomic mass is 16.6. The monoisotopic (exact) mass is 320 g/mol. The highest BCUT2D eigenvalue weighted by molar-refractivity contribution is 5.84. The van der Waals surface area contributed by atoms with Crippen molar-refractivity contribution in [2.75, 3.05) is 0 Å². The molecule has 1 rings (SSSR count). The van der Waals surface area contributed by atoms with E-state index in [2.05, 4.69) is 4.74 Å². The first kappa shape index (κ1) is 19.2. The number of carbonyl (C=O) groups is 2. The van der Waals surface area contributed by atoms with Crippen molar-refractivity contribution in [2.24, 2.45) is 0 Å². The number of ether oxygens (including phenoxy) is 1. The third-order valence-corrected chi connectivity index (χ3v) is 3.66. The minimum absolute atomic E-state index is 0.136. The van der Waals surface area contributed by atoms with Gasteiger partial charge in [0.1, 0.15) is 5.75 Å². The van der Waals surface area contributed by atoms with Crippen LogP contribution in [0.15, 0.2) is 12.1 Å². The molecule has 128 valence electrons. The topological polar surface area (TPSA) is 63.6 Å². The number of aryl methyl sites for hydroxylation is 1. The summed E-state index contributed by atoms with van der Waals surface area (Å²) in [5, 5.41) is 10.6. The van der Waals surface area contributed by atoms with E-state index in [1.165, 1.54) is 6.92 Å². The van der Waals surface area contributed by atoms with Gasteiger partial charge in [0.05, 0.1) is 6.42 Å². The molecule has 0 heterocycles. The Morgan fingerprint density at radius 1 is 1.00 bits per heavy atom. The number of rotatable bonds is 3. The van der Waals surface area contributed by atoms with Gasteiger partial charge in [-0.05, 0) is 33.9 Å². The maximum Gasteiger partial charge on any atom is 0.313 e. The Morgan fingerprint density at radius 3 is 1.78 bits per heavy atom. The van der Waals surface area contributed by atoms with Gasteiger partial charge in [0.25, 0.3) is 0 Å². The molecule has 4 heteroatoms. The Kier molecular flexibility index (Phi) is 5.62. The van der Waals surface area contributed by atoms with Gasteiger partial charge in [-0.1, -0.05) is 53.7 Å². The first-order valence-corrected chi connectivity index (χ1v) is 7.90. The van der Waals surface area contributed by atoms with E-state index in [0.717, 1.165) is 16.7 Å². The molecule has 0 amide bonds. The molecule has 0 saturated carbocycles. The van der Waals surface area contributed by atoms with Gasteiger partial charge < -0.3 is 9.84 Å². The van der Waals surface area contributed by atoms with Gasteiger partial charge in [-0.3, -0.25) is 9.59 Å². The summed E-state index contributed by atoms with van der Waals surface area (Å²) in [6.45, 7) is 13.5. The maximum absolute atomic E-state index is 11.6. The van der Waals surface area contributed by atoms with Crippen LogP contribution >= 0.6 is 0 Å². The van der Waals surface area contributed by atoms with E-state index in [9.17, 15) is 14.7 Å². The van der Waals surface area contributed by atoms with Crippen molar-refractivity contribution in [2.45, 2.75) is 72.1 Å². The van der Waals surface area contributed by atoms with Gasteiger partial charge in [0.15, 0.2) is 0 Å². The van der Waals surface area contributed by atoms with Crippen molar-refractivity contribution in [1.82, 2.24) is 0 Å². The molecule has 23 heavy (non-hydrogen) atoms. The fourth-order valence-electron chi connectivity index (χ4n) is 2.44. The number of esters is 2. The van der Waals surface area contributed by atoms with E-state index in [1.54, 1.807) is 0 Å². The summed E-state index contributed by atoms with van der Waals surface area (Å²) in [5.74, 6) is -0.799. The molecule has 0 aliphatic rings. The molecule has 0 bridgehead atoms. The second-order valence-electron chi connectivity index (χ2n) is 8.01. The molecule has 0 aliphatic carbocycles. The smallest absolute Gasteiger partial charge is 0.313 e. The van der Waals surface area contributed by atoms with Gasteiger partial charge in [0.2, 0.25) is 0 Å². The molecule has 4 nitrogen and oxygen atoms in total. The van der Waals surface area contributed by atoms with E-state index in [4.69, 9.17) is 0 Å². The van der Waals surface area contributed by atoms with E-state index < -0.39 is 11.9 Å². The van der Waals surface area contributed by atoms with Crippen LogP contribution in [0.4, 0.5) is 0 Å². The van der Waals surface area contributed by atoms with Crippen LogP contribution < -0.4 is 0 Å². The lowest BCUT2D eigenvalue weighted by Crippen LogP contribution is -2.18. The molecule has 0 spiro atoms. The minimum atomic E-state index is -0.591. The van der Waals surface area contributed by atoms with Crippen LogP contribution in [0.2, 0.25) is 0 Å². The number of carbonyl (C=O) groups excluding carboxylic acids is 2. The minimum Gasteiger partial charge on any atom is -0.507 e. The molecule has 0 unspecified atom stereocenters. The van der Waals surface area contributed by atoms with Crippen molar-refractivity contribution in [3.8, 4) is 5.75 Å². The second-order valence-corrected chi connectivity index (χ2v) is 8.01. The van der Waals surface area contributed by atoms with E-state index in [0.29, 0.717) is 12.2 Å². The lowest BCUT2D eigenvalue weighted by Gasteiger charge is -2.28. The number of phenolic OH excluding ortho intramolecular Hbond substituents is 1. The molecule has 1 aromatic carbocycles. The van der Waals surface area contributed by atoms with Gasteiger partial charge in [0, 0.05) is 6.92 Å². The third kappa shape index (κ3) is 5.38. The number of benzene rings is 1. The number of hydrogen-bond donors (Lipinski definition) is 1. The van der Waals surface area contributed by atoms with E-state index in [1.807, 2.05) is 53.7 Å². The van der Waals surface area contributed by atoms with Crippen LogP contribution in [-0.4, -0.2) is 17.0 Å². The fourth-order valence-corrected chi connectivity index (χ4v) is 2.44. The zero-order valence-electron chi connectivity index (χ0n) is 15.2. The Labute approximate surface area is 138 Å². The molecule has 0 aromatic heterocycles. The first-order valence-electron chi connectivity index (χ1n) is 7.90. The van der Waals surface area contributed by atoms with Crippen LogP contribution in [0.1, 0.15) is 71.6 Å². The molecule has 0 aliphatic heterocycles. The summed E-state index contributed by atoms with van der Waals surface area (Å²) >= 11 is 0. The zero-order chi connectivity index (χ0) is 18.0. The quantitative estimate of drug-likeness (QED) is 0.675. The Hall–Kier alpha value is -1.84. The zero-order valence-corrected chi connectivity index (χ0v) is 15.2. The first-order chi connectivity index (χ1) is 10.3. The SMILES string of the molecule is CC(=O)OC(=O)CCc1cc(C(C)(C)C)c(O)c(C(C)(C)C)c1. The predicted molar refractivity (Wildman–Crippen MR) is 90.6 cm³/mol. The summed E-state index contributed by atoms with van der Waals surface area (Å²) in [4.78, 5) is 22.4. The highest BCUT2D eigenvalue weighted by Gasteiger charge is 2.26. The van der Waals surface area contributed by atoms with Crippen molar-refractivity contribution in [3.63, 3.8) is 0 Å². The van der Waals surface area contributed by atoms with Gasteiger partial charge >= 0.3 is 11.9 Å². The van der Waals surface area contributed by atoms with Crippen LogP contribution in [0.25, 0.3) is 0 Å². The van der Waals surface area contributed by atoms with E-state index in [-0.39, 0.29) is 17.3 Å². The molecule has 0 atom stereocenters. The maximum atomic E-state index is 11.6. The van der Waals surface area contributed by atoms with Crippen molar-refractivity contribution < 1.29 is 19.4 Å². The molecule has 0 saturated heterocycles. The standard InChI is InChI=1S/C19H28O4/c1-12(20)23-16(21)9-8-13-10-14(18(2,3)4)17(22)15(11-13)19(5,6)7/h10-11,22H,8-9H2,1-7H3. The summed E-state index contributed by atoms with van der Waals surface area (Å²) in [6, 6.07) is 3.87. The highest BCUT2D eigenvalue weighted by Crippen LogP contribution is 2.39. The van der Waals surface area contributed by atoms with Gasteiger partial charge in [-0.25, -0.2) is 0 Å². The summed E-state index contributed by atoms with van der Waals surface area (Å²) in [7, 11) is 0. The Bertz CT molecular complexity index is 566. The molecule has 1 N–H and O–H groups in total. The lowest BCUT2D eigenvalue weighted by molar-refractivity contribution is -0.157. The number of hydrogen-bond acceptors (Lipinski definition) is 4. The summed E-state index contributed by atoms with van der Waals surface area (Å²) in [5.41, 5.74) is 2.26. The average molecular weight is 320 g/mol. The van der Waals surface area contributed by atoms with Gasteiger partial charge in [-0.15, -0.1) is 0 Å². The van der Waals surface area contributed by atoms with Crippen LogP contribution in [0.5, 0.6) is 5.75 Å². The van der Waals surface area contributed by atoms with Gasteiger partial charge in [-0.2, -0.15) is 0 Å². The average Bonchev–Trinajstić information content (AvgIpc) is 2.33. The summed E-state index contributed by atoms with van der Waals surface area (Å²) < 4.78 is 4.56. The largest absolute Gasteiger partial charge is 0.507 e. The normalized spacial score (nSPS) is 12.1. The van der Waals surface area contributed by atoms with Crippen LogP contribution in [0.3, 0.4) is 0 Å². The molecule has 0 fully saturated rings. The second kappa shape index (κ2) is 6.73. The van der Waals surface area contributed by atoms with Crippen molar-refractivity contribution in [3.05, 3.63) is 28.8 Å². The van der Waals surface area contributed by atoms with Crippen LogP contribution in [-0.2, 0) is 31.6 Å². The summed E-state index contributed by atoms with van der Waals surface area (Å²) in [6.07, 6.45) is 0.607. The number of phenols is 1. The fraction of sp³-hybridized carbons (Fsp3) is 0.579. The molecule has 1 aromatic rings. The van der Waals surface area contributed by atoms with Crippen molar-refractivity contribution >= 4 is 11.9 Å². The molecular formula is C19H28O4. The number of aromatic hydroxyl groups is 1. The molecule has 0 radical (unpaired) electrons. The van der Waals surface area contributed by atoms with E-state index >= 15 is 0 Å². The molecular weight excluding hydrogens is 292 g/mol. The Morgan fingerprint density at radius 2 is 1.43 bits per heavy atom.